The van der Waals surface area contributed by atoms with Gasteiger partial charge in [0.1, 0.15) is 5.76 Å². The molecule has 2 rings (SSSR count). The first-order valence-corrected chi connectivity index (χ1v) is 4.58. The Kier molecular flexibility index (Phi) is 2.35. The molecule has 3 nitrogen and oxygen atoms in total. The lowest BCUT2D eigenvalue weighted by Crippen LogP contribution is -2.21. The molecule has 1 unspecified atom stereocenters. The number of benzene rings is 1. The van der Waals surface area contributed by atoms with Crippen LogP contribution in [0.4, 0.5) is 0 Å². The van der Waals surface area contributed by atoms with E-state index in [1.165, 1.54) is 0 Å². The molecule has 0 saturated carbocycles. The molecule has 0 spiro atoms. The van der Waals surface area contributed by atoms with E-state index in [-0.39, 0.29) is 0 Å². The number of aliphatic hydroxyl groups is 1. The molecular formula is C10H10ClNO2. The van der Waals surface area contributed by atoms with E-state index in [1.54, 1.807) is 25.4 Å². The summed E-state index contributed by atoms with van der Waals surface area (Å²) in [6.45, 7) is 0. The van der Waals surface area contributed by atoms with Crippen LogP contribution in [0.2, 0.25) is 5.02 Å². The van der Waals surface area contributed by atoms with Gasteiger partial charge < -0.3 is 15.2 Å². The first-order chi connectivity index (χ1) is 6.72. The van der Waals surface area contributed by atoms with Gasteiger partial charge in [-0.1, -0.05) is 11.6 Å². The lowest BCUT2D eigenvalue weighted by atomic mass is 10.0. The van der Waals surface area contributed by atoms with Gasteiger partial charge in [-0.3, -0.25) is 0 Å². The Balaban J connectivity index is 2.54. The van der Waals surface area contributed by atoms with Gasteiger partial charge in [0.2, 0.25) is 0 Å². The van der Waals surface area contributed by atoms with Crippen LogP contribution in [0, 0.1) is 0 Å². The van der Waals surface area contributed by atoms with Crippen molar-refractivity contribution in [2.24, 2.45) is 0 Å². The van der Waals surface area contributed by atoms with Crippen LogP contribution >= 0.6 is 11.6 Å². The van der Waals surface area contributed by atoms with E-state index in [9.17, 15) is 5.11 Å². The number of rotatable bonds is 1. The second kappa shape index (κ2) is 3.52. The Morgan fingerprint density at radius 2 is 2.29 bits per heavy atom. The second-order valence-corrected chi connectivity index (χ2v) is 3.45. The Morgan fingerprint density at radius 3 is 3.00 bits per heavy atom. The van der Waals surface area contributed by atoms with Crippen molar-refractivity contribution in [3.63, 3.8) is 0 Å². The summed E-state index contributed by atoms with van der Waals surface area (Å²) in [6, 6.07) is 5.32. The van der Waals surface area contributed by atoms with Crippen molar-refractivity contribution < 1.29 is 9.84 Å². The topological polar surface area (TPSA) is 41.5 Å². The van der Waals surface area contributed by atoms with Gasteiger partial charge in [0.25, 0.3) is 0 Å². The van der Waals surface area contributed by atoms with Crippen molar-refractivity contribution in [3.05, 3.63) is 40.5 Å². The van der Waals surface area contributed by atoms with Crippen molar-refractivity contribution in [2.45, 2.75) is 6.23 Å². The van der Waals surface area contributed by atoms with Gasteiger partial charge in [0.05, 0.1) is 7.11 Å². The highest BCUT2D eigenvalue weighted by atomic mass is 35.5. The second-order valence-electron chi connectivity index (χ2n) is 3.01. The molecule has 2 N–H and O–H groups in total. The van der Waals surface area contributed by atoms with Crippen LogP contribution in [0.15, 0.2) is 24.4 Å². The third-order valence-electron chi connectivity index (χ3n) is 2.17. The van der Waals surface area contributed by atoms with Gasteiger partial charge in [-0.05, 0) is 18.2 Å². The molecule has 0 bridgehead atoms. The summed E-state index contributed by atoms with van der Waals surface area (Å²) in [5.41, 5.74) is 1.60. The quantitative estimate of drug-likeness (QED) is 0.745. The molecular weight excluding hydrogens is 202 g/mol. The number of ether oxygens (including phenoxy) is 1. The Bertz CT molecular complexity index is 390. The summed E-state index contributed by atoms with van der Waals surface area (Å²) >= 11 is 5.83. The average Bonchev–Trinajstić information content (AvgIpc) is 2.19. The number of halogens is 1. The Morgan fingerprint density at radius 1 is 1.50 bits per heavy atom. The number of hydrogen-bond acceptors (Lipinski definition) is 3. The number of fused-ring (bicyclic) bond motifs is 1. The minimum Gasteiger partial charge on any atom is -0.495 e. The number of hydrogen-bond donors (Lipinski definition) is 2. The molecule has 1 aromatic carbocycles. The number of aliphatic hydroxyl groups excluding tert-OH is 1. The van der Waals surface area contributed by atoms with E-state index >= 15 is 0 Å². The molecule has 1 aromatic rings. The molecule has 0 amide bonds. The van der Waals surface area contributed by atoms with Gasteiger partial charge in [-0.15, -0.1) is 0 Å². The maximum atomic E-state index is 9.63. The fraction of sp³-hybridized carbons (Fsp3) is 0.200. The fourth-order valence-electron chi connectivity index (χ4n) is 1.48. The molecule has 1 aliphatic heterocycles. The van der Waals surface area contributed by atoms with Gasteiger partial charge in [0, 0.05) is 22.3 Å². The highest BCUT2D eigenvalue weighted by molar-refractivity contribution is 6.30. The maximum Gasteiger partial charge on any atom is 0.151 e. The van der Waals surface area contributed by atoms with Gasteiger partial charge >= 0.3 is 0 Å². The van der Waals surface area contributed by atoms with Crippen LogP contribution < -0.4 is 5.32 Å². The van der Waals surface area contributed by atoms with Crippen molar-refractivity contribution >= 4 is 17.4 Å². The molecule has 0 aromatic heterocycles. The molecule has 4 heteroatoms. The van der Waals surface area contributed by atoms with Crippen LogP contribution in [0.5, 0.6) is 0 Å². The molecule has 0 aliphatic carbocycles. The van der Waals surface area contributed by atoms with Crippen LogP contribution in [0.1, 0.15) is 17.4 Å². The van der Waals surface area contributed by atoms with Gasteiger partial charge in [-0.2, -0.15) is 0 Å². The largest absolute Gasteiger partial charge is 0.495 e. The minimum absolute atomic E-state index is 0.599. The first kappa shape index (κ1) is 9.37. The normalized spacial score (nSPS) is 19.4. The van der Waals surface area contributed by atoms with Crippen molar-refractivity contribution in [1.82, 2.24) is 5.32 Å². The van der Waals surface area contributed by atoms with E-state index < -0.39 is 6.23 Å². The predicted molar refractivity (Wildman–Crippen MR) is 54.5 cm³/mol. The smallest absolute Gasteiger partial charge is 0.151 e. The third-order valence-corrected chi connectivity index (χ3v) is 2.40. The van der Waals surface area contributed by atoms with E-state index in [1.807, 2.05) is 6.07 Å². The molecule has 0 fully saturated rings. The zero-order valence-corrected chi connectivity index (χ0v) is 8.38. The lowest BCUT2D eigenvalue weighted by Gasteiger charge is -2.22. The molecule has 1 atom stereocenters. The fourth-order valence-corrected chi connectivity index (χ4v) is 1.66. The highest BCUT2D eigenvalue weighted by Gasteiger charge is 2.19. The molecule has 0 radical (unpaired) electrons. The number of nitrogens with one attached hydrogen (secondary N) is 1. The molecule has 1 heterocycles. The first-order valence-electron chi connectivity index (χ1n) is 4.20. The van der Waals surface area contributed by atoms with Crippen LogP contribution in [0.3, 0.4) is 0 Å². The van der Waals surface area contributed by atoms with E-state index in [0.717, 1.165) is 11.1 Å². The van der Waals surface area contributed by atoms with Crippen molar-refractivity contribution in [3.8, 4) is 0 Å². The number of methoxy groups -OCH3 is 1. The SMILES string of the molecule is COC1=CNC(O)c2cc(Cl)ccc21. The molecule has 0 saturated heterocycles. The minimum atomic E-state index is -0.720. The zero-order valence-electron chi connectivity index (χ0n) is 7.62. The molecule has 1 aliphatic rings. The Labute approximate surface area is 87.0 Å². The van der Waals surface area contributed by atoms with Crippen LogP contribution in [-0.4, -0.2) is 12.2 Å². The van der Waals surface area contributed by atoms with Gasteiger partial charge in [0.15, 0.2) is 6.23 Å². The highest BCUT2D eigenvalue weighted by Crippen LogP contribution is 2.29. The monoisotopic (exact) mass is 211 g/mol. The van der Waals surface area contributed by atoms with E-state index in [0.29, 0.717) is 10.8 Å². The summed E-state index contributed by atoms with van der Waals surface area (Å²) in [6.07, 6.45) is 0.920. The van der Waals surface area contributed by atoms with Crippen LogP contribution in [0.25, 0.3) is 5.76 Å². The van der Waals surface area contributed by atoms with E-state index in [4.69, 9.17) is 16.3 Å². The summed E-state index contributed by atoms with van der Waals surface area (Å²) in [5.74, 6) is 0.696. The summed E-state index contributed by atoms with van der Waals surface area (Å²) in [4.78, 5) is 0. The Hall–Kier alpha value is -1.19. The van der Waals surface area contributed by atoms with Gasteiger partial charge in [-0.25, -0.2) is 0 Å². The van der Waals surface area contributed by atoms with Crippen molar-refractivity contribution in [2.75, 3.05) is 7.11 Å². The predicted octanol–water partition coefficient (Wildman–Crippen LogP) is 1.88. The van der Waals surface area contributed by atoms with Crippen molar-refractivity contribution in [1.29, 1.82) is 0 Å². The standard InChI is InChI=1S/C10H10ClNO2/c1-14-9-5-12-10(13)8-4-6(11)2-3-7(8)9/h2-5,10,12-13H,1H3. The summed E-state index contributed by atoms with van der Waals surface area (Å²) in [5, 5.41) is 13.0. The summed E-state index contributed by atoms with van der Waals surface area (Å²) < 4.78 is 5.15. The van der Waals surface area contributed by atoms with E-state index in [2.05, 4.69) is 5.32 Å². The molecule has 74 valence electrons. The zero-order chi connectivity index (χ0) is 10.1. The maximum absolute atomic E-state index is 9.63. The summed E-state index contributed by atoms with van der Waals surface area (Å²) in [7, 11) is 1.59. The third kappa shape index (κ3) is 1.45. The lowest BCUT2D eigenvalue weighted by molar-refractivity contribution is 0.151. The average molecular weight is 212 g/mol. The molecule has 14 heavy (non-hydrogen) atoms. The van der Waals surface area contributed by atoms with Crippen LogP contribution in [-0.2, 0) is 4.74 Å².